The predicted molar refractivity (Wildman–Crippen MR) is 72.4 cm³/mol. The zero-order chi connectivity index (χ0) is 15.2. The number of hydrogen-bond acceptors (Lipinski definition) is 3. The van der Waals surface area contributed by atoms with Crippen LogP contribution in [0.5, 0.6) is 5.75 Å². The van der Waals surface area contributed by atoms with Crippen LogP contribution in [0.25, 0.3) is 0 Å². The Labute approximate surface area is 117 Å². The molecule has 1 rings (SSSR count). The fourth-order valence-electron chi connectivity index (χ4n) is 1.68. The van der Waals surface area contributed by atoms with Crippen LogP contribution in [0.15, 0.2) is 18.2 Å². The van der Waals surface area contributed by atoms with Gasteiger partial charge in [0.05, 0.1) is 12.1 Å². The molecule has 1 atom stereocenters. The maximum absolute atomic E-state index is 13.0. The van der Waals surface area contributed by atoms with Gasteiger partial charge in [0.25, 0.3) is 0 Å². The lowest BCUT2D eigenvalue weighted by Gasteiger charge is -2.27. The maximum atomic E-state index is 13.0. The van der Waals surface area contributed by atoms with E-state index in [4.69, 9.17) is 10.5 Å². The van der Waals surface area contributed by atoms with Crippen molar-refractivity contribution < 1.29 is 18.3 Å². The molecule has 1 unspecified atom stereocenters. The van der Waals surface area contributed by atoms with Gasteiger partial charge in [-0.05, 0) is 19.9 Å². The second-order valence-corrected chi connectivity index (χ2v) is 4.83. The maximum Gasteiger partial charge on any atom is 0.237 e. The third-order valence-electron chi connectivity index (χ3n) is 3.02. The molecule has 1 amide bonds. The normalized spacial score (nSPS) is 13.8. The van der Waals surface area contributed by atoms with Crippen molar-refractivity contribution in [2.45, 2.75) is 32.2 Å². The summed E-state index contributed by atoms with van der Waals surface area (Å²) >= 11 is 0. The Morgan fingerprint density at radius 2 is 1.95 bits per heavy atom. The van der Waals surface area contributed by atoms with E-state index < -0.39 is 23.1 Å². The number of ether oxygens (including phenoxy) is 1. The lowest BCUT2D eigenvalue weighted by Crippen LogP contribution is -2.54. The summed E-state index contributed by atoms with van der Waals surface area (Å²) in [4.78, 5) is 11.5. The van der Waals surface area contributed by atoms with Crippen LogP contribution >= 0.6 is 0 Å². The molecule has 0 aliphatic heterocycles. The quantitative estimate of drug-likeness (QED) is 0.768. The second-order valence-electron chi connectivity index (χ2n) is 4.83. The first kappa shape index (κ1) is 16.4. The van der Waals surface area contributed by atoms with Gasteiger partial charge in [-0.3, -0.25) is 4.79 Å². The number of nitrogens with two attached hydrogens (primary N) is 1. The molecule has 0 aliphatic carbocycles. The van der Waals surface area contributed by atoms with Gasteiger partial charge in [-0.25, -0.2) is 8.78 Å². The predicted octanol–water partition coefficient (Wildman–Crippen LogP) is 1.98. The summed E-state index contributed by atoms with van der Waals surface area (Å²) in [5.41, 5.74) is 4.46. The zero-order valence-electron chi connectivity index (χ0n) is 11.7. The van der Waals surface area contributed by atoms with Crippen LogP contribution in [-0.2, 0) is 4.79 Å². The number of nitrogens with one attached hydrogen (secondary N) is 1. The summed E-state index contributed by atoms with van der Waals surface area (Å²) in [6.07, 6.45) is 1.17. The van der Waals surface area contributed by atoms with E-state index in [1.807, 2.05) is 6.92 Å². The van der Waals surface area contributed by atoms with Gasteiger partial charge in [-0.15, -0.1) is 0 Å². The Morgan fingerprint density at radius 3 is 2.45 bits per heavy atom. The van der Waals surface area contributed by atoms with E-state index in [0.29, 0.717) is 13.0 Å². The van der Waals surface area contributed by atoms with Crippen molar-refractivity contribution in [3.8, 4) is 5.75 Å². The number of halogens is 2. The summed E-state index contributed by atoms with van der Waals surface area (Å²) in [5, 5.41) is 3.05. The highest BCUT2D eigenvalue weighted by Crippen LogP contribution is 2.17. The van der Waals surface area contributed by atoms with Crippen LogP contribution in [-0.4, -0.2) is 24.6 Å². The van der Waals surface area contributed by atoms with Gasteiger partial charge in [0, 0.05) is 24.6 Å². The molecular formula is C14H20F2N2O2. The van der Waals surface area contributed by atoms with Crippen LogP contribution < -0.4 is 15.8 Å². The number of benzene rings is 1. The van der Waals surface area contributed by atoms with Crippen molar-refractivity contribution in [2.24, 2.45) is 5.73 Å². The summed E-state index contributed by atoms with van der Waals surface area (Å²) in [6, 6.07) is 2.94. The summed E-state index contributed by atoms with van der Waals surface area (Å²) in [5.74, 6) is -1.81. The largest absolute Gasteiger partial charge is 0.493 e. The first-order valence-electron chi connectivity index (χ1n) is 6.51. The fourth-order valence-corrected chi connectivity index (χ4v) is 1.68. The molecule has 0 aliphatic rings. The van der Waals surface area contributed by atoms with Gasteiger partial charge in [0.2, 0.25) is 5.91 Å². The van der Waals surface area contributed by atoms with Gasteiger partial charge < -0.3 is 15.8 Å². The molecule has 112 valence electrons. The van der Waals surface area contributed by atoms with Crippen molar-refractivity contribution in [2.75, 3.05) is 13.2 Å². The van der Waals surface area contributed by atoms with E-state index in [1.54, 1.807) is 6.92 Å². The Kier molecular flexibility index (Phi) is 5.88. The lowest BCUT2D eigenvalue weighted by molar-refractivity contribution is -0.124. The van der Waals surface area contributed by atoms with Gasteiger partial charge in [0.1, 0.15) is 17.4 Å². The fraction of sp³-hybridized carbons (Fsp3) is 0.500. The van der Waals surface area contributed by atoms with Crippen LogP contribution in [0.3, 0.4) is 0 Å². The Hall–Kier alpha value is -1.69. The Balaban J connectivity index is 2.58. The molecule has 0 radical (unpaired) electrons. The highest BCUT2D eigenvalue weighted by Gasteiger charge is 2.29. The summed E-state index contributed by atoms with van der Waals surface area (Å²) < 4.78 is 31.2. The molecule has 0 heterocycles. The molecule has 6 heteroatoms. The monoisotopic (exact) mass is 286 g/mol. The Bertz CT molecular complexity index is 448. The van der Waals surface area contributed by atoms with Gasteiger partial charge in [0.15, 0.2) is 0 Å². The van der Waals surface area contributed by atoms with Crippen molar-refractivity contribution in [3.05, 3.63) is 29.8 Å². The molecule has 4 nitrogen and oxygen atoms in total. The standard InChI is InChI=1S/C14H20F2N2O2/c1-3-5-18-14(2,13(17)19)4-6-20-12-8-10(15)7-11(16)9-12/h7-9,18H,3-6H2,1-2H3,(H2,17,19). The van der Waals surface area contributed by atoms with E-state index in [0.717, 1.165) is 24.6 Å². The molecule has 3 N–H and O–H groups in total. The molecular weight excluding hydrogens is 266 g/mol. The number of carbonyl (C=O) groups is 1. The van der Waals surface area contributed by atoms with Crippen molar-refractivity contribution in [1.29, 1.82) is 0 Å². The average Bonchev–Trinajstić information content (AvgIpc) is 2.35. The van der Waals surface area contributed by atoms with Crippen LogP contribution in [0.4, 0.5) is 8.78 Å². The molecule has 0 fully saturated rings. The smallest absolute Gasteiger partial charge is 0.237 e. The van der Waals surface area contributed by atoms with Crippen molar-refractivity contribution in [1.82, 2.24) is 5.32 Å². The van der Waals surface area contributed by atoms with E-state index in [2.05, 4.69) is 5.32 Å². The van der Waals surface area contributed by atoms with E-state index in [-0.39, 0.29) is 12.4 Å². The van der Waals surface area contributed by atoms with E-state index >= 15 is 0 Å². The number of amides is 1. The van der Waals surface area contributed by atoms with Crippen LogP contribution in [0, 0.1) is 11.6 Å². The number of carbonyl (C=O) groups excluding carboxylic acids is 1. The highest BCUT2D eigenvalue weighted by atomic mass is 19.1. The average molecular weight is 286 g/mol. The SMILES string of the molecule is CCCNC(C)(CCOc1cc(F)cc(F)c1)C(N)=O. The first-order chi connectivity index (χ1) is 9.37. The summed E-state index contributed by atoms with van der Waals surface area (Å²) in [6.45, 7) is 4.42. The van der Waals surface area contributed by atoms with Gasteiger partial charge in [-0.1, -0.05) is 6.92 Å². The highest BCUT2D eigenvalue weighted by molar-refractivity contribution is 5.84. The minimum atomic E-state index is -0.901. The van der Waals surface area contributed by atoms with Gasteiger partial charge >= 0.3 is 0 Å². The minimum absolute atomic E-state index is 0.0878. The topological polar surface area (TPSA) is 64.3 Å². The third kappa shape index (κ3) is 4.77. The minimum Gasteiger partial charge on any atom is -0.493 e. The molecule has 0 saturated heterocycles. The van der Waals surface area contributed by atoms with E-state index in [1.165, 1.54) is 0 Å². The van der Waals surface area contributed by atoms with Gasteiger partial charge in [-0.2, -0.15) is 0 Å². The van der Waals surface area contributed by atoms with Crippen molar-refractivity contribution >= 4 is 5.91 Å². The molecule has 0 aromatic heterocycles. The summed E-state index contributed by atoms with van der Waals surface area (Å²) in [7, 11) is 0. The second kappa shape index (κ2) is 7.19. The number of primary amides is 1. The molecule has 1 aromatic rings. The molecule has 0 spiro atoms. The molecule has 0 saturated carbocycles. The van der Waals surface area contributed by atoms with Crippen LogP contribution in [0.1, 0.15) is 26.7 Å². The lowest BCUT2D eigenvalue weighted by atomic mass is 9.97. The molecule has 20 heavy (non-hydrogen) atoms. The number of rotatable bonds is 8. The zero-order valence-corrected chi connectivity index (χ0v) is 11.7. The third-order valence-corrected chi connectivity index (χ3v) is 3.02. The van der Waals surface area contributed by atoms with Crippen molar-refractivity contribution in [3.63, 3.8) is 0 Å². The Morgan fingerprint density at radius 1 is 1.35 bits per heavy atom. The van der Waals surface area contributed by atoms with Crippen LogP contribution in [0.2, 0.25) is 0 Å². The molecule has 0 bridgehead atoms. The number of hydrogen-bond donors (Lipinski definition) is 2. The first-order valence-corrected chi connectivity index (χ1v) is 6.51. The molecule has 1 aromatic carbocycles. The van der Waals surface area contributed by atoms with E-state index in [9.17, 15) is 13.6 Å².